The third-order valence-corrected chi connectivity index (χ3v) is 2.44. The van der Waals surface area contributed by atoms with E-state index in [9.17, 15) is 4.79 Å². The number of esters is 1. The van der Waals surface area contributed by atoms with Crippen molar-refractivity contribution in [3.05, 3.63) is 29.2 Å². The molecule has 17 heavy (non-hydrogen) atoms. The lowest BCUT2D eigenvalue weighted by atomic mass is 10.3. The molecule has 0 radical (unpaired) electrons. The van der Waals surface area contributed by atoms with E-state index in [1.165, 1.54) is 6.20 Å². The first-order chi connectivity index (χ1) is 8.13. The van der Waals surface area contributed by atoms with Crippen LogP contribution >= 0.6 is 0 Å². The van der Waals surface area contributed by atoms with Crippen molar-refractivity contribution in [3.8, 4) is 0 Å². The van der Waals surface area contributed by atoms with Gasteiger partial charge in [-0.3, -0.25) is 0 Å². The second-order valence-electron chi connectivity index (χ2n) is 3.97. The SMILES string of the molecule is CCCOC(=O)c1cnn2c(C)cc(C)nc12. The Labute approximate surface area is 99.4 Å². The van der Waals surface area contributed by atoms with E-state index in [1.54, 1.807) is 4.52 Å². The van der Waals surface area contributed by atoms with Crippen LogP contribution in [0.2, 0.25) is 0 Å². The Hall–Kier alpha value is -1.91. The highest BCUT2D eigenvalue weighted by Gasteiger charge is 2.16. The molecule has 0 bridgehead atoms. The summed E-state index contributed by atoms with van der Waals surface area (Å²) in [6.07, 6.45) is 2.31. The minimum atomic E-state index is -0.362. The zero-order valence-corrected chi connectivity index (χ0v) is 10.2. The van der Waals surface area contributed by atoms with Gasteiger partial charge in [-0.25, -0.2) is 14.3 Å². The maximum absolute atomic E-state index is 11.8. The number of fused-ring (bicyclic) bond motifs is 1. The number of nitrogens with zero attached hydrogens (tertiary/aromatic N) is 3. The Morgan fingerprint density at radius 2 is 2.24 bits per heavy atom. The topological polar surface area (TPSA) is 56.5 Å². The highest BCUT2D eigenvalue weighted by molar-refractivity contribution is 5.95. The maximum atomic E-state index is 11.8. The van der Waals surface area contributed by atoms with Gasteiger partial charge in [0.25, 0.3) is 0 Å². The van der Waals surface area contributed by atoms with Gasteiger partial charge in [-0.2, -0.15) is 5.10 Å². The summed E-state index contributed by atoms with van der Waals surface area (Å²) in [7, 11) is 0. The van der Waals surface area contributed by atoms with Gasteiger partial charge in [0.2, 0.25) is 0 Å². The van der Waals surface area contributed by atoms with Gasteiger partial charge >= 0.3 is 5.97 Å². The van der Waals surface area contributed by atoms with Crippen molar-refractivity contribution in [2.45, 2.75) is 27.2 Å². The molecule has 0 atom stereocenters. The summed E-state index contributed by atoms with van der Waals surface area (Å²) in [6.45, 7) is 6.19. The summed E-state index contributed by atoms with van der Waals surface area (Å²) in [6, 6.07) is 1.92. The van der Waals surface area contributed by atoms with Crippen LogP contribution in [0.5, 0.6) is 0 Å². The molecule has 0 saturated carbocycles. The van der Waals surface area contributed by atoms with Gasteiger partial charge in [0.15, 0.2) is 5.65 Å². The number of rotatable bonds is 3. The van der Waals surface area contributed by atoms with Crippen molar-refractivity contribution in [1.29, 1.82) is 0 Å². The minimum Gasteiger partial charge on any atom is -0.462 e. The average Bonchev–Trinajstić information content (AvgIpc) is 2.69. The predicted octanol–water partition coefficient (Wildman–Crippen LogP) is 1.91. The molecule has 2 aromatic rings. The molecule has 0 aromatic carbocycles. The fourth-order valence-corrected chi connectivity index (χ4v) is 1.69. The second-order valence-corrected chi connectivity index (χ2v) is 3.97. The van der Waals surface area contributed by atoms with Crippen LogP contribution in [-0.4, -0.2) is 27.2 Å². The van der Waals surface area contributed by atoms with Crippen LogP contribution in [0.4, 0.5) is 0 Å². The molecule has 2 aromatic heterocycles. The third kappa shape index (κ3) is 2.13. The van der Waals surface area contributed by atoms with E-state index >= 15 is 0 Å². The van der Waals surface area contributed by atoms with Crippen LogP contribution in [0.3, 0.4) is 0 Å². The molecule has 0 spiro atoms. The van der Waals surface area contributed by atoms with Gasteiger partial charge in [-0.1, -0.05) is 6.92 Å². The maximum Gasteiger partial charge on any atom is 0.343 e. The molecular weight excluding hydrogens is 218 g/mol. The standard InChI is InChI=1S/C12H15N3O2/c1-4-5-17-12(16)10-7-13-15-9(3)6-8(2)14-11(10)15/h6-7H,4-5H2,1-3H3. The Kier molecular flexibility index (Phi) is 3.08. The molecule has 5 heteroatoms. The molecule has 2 rings (SSSR count). The first kappa shape index (κ1) is 11.6. The minimum absolute atomic E-state index is 0.362. The Bertz CT molecular complexity index is 560. The molecule has 0 amide bonds. The highest BCUT2D eigenvalue weighted by Crippen LogP contribution is 2.12. The van der Waals surface area contributed by atoms with Gasteiger partial charge in [0.05, 0.1) is 12.8 Å². The Morgan fingerprint density at radius 3 is 2.94 bits per heavy atom. The van der Waals surface area contributed by atoms with E-state index in [2.05, 4.69) is 10.1 Å². The van der Waals surface area contributed by atoms with Crippen LogP contribution in [0.1, 0.15) is 35.1 Å². The lowest BCUT2D eigenvalue weighted by Crippen LogP contribution is -2.07. The van der Waals surface area contributed by atoms with E-state index in [-0.39, 0.29) is 5.97 Å². The Balaban J connectivity index is 2.45. The van der Waals surface area contributed by atoms with Gasteiger partial charge < -0.3 is 4.74 Å². The zero-order valence-electron chi connectivity index (χ0n) is 10.2. The van der Waals surface area contributed by atoms with Crippen LogP contribution < -0.4 is 0 Å². The van der Waals surface area contributed by atoms with E-state index in [0.29, 0.717) is 17.8 Å². The average molecular weight is 233 g/mol. The van der Waals surface area contributed by atoms with Crippen LogP contribution in [0.25, 0.3) is 5.65 Å². The first-order valence-corrected chi connectivity index (χ1v) is 5.62. The smallest absolute Gasteiger partial charge is 0.343 e. The molecule has 0 aliphatic heterocycles. The van der Waals surface area contributed by atoms with Crippen molar-refractivity contribution < 1.29 is 9.53 Å². The second kappa shape index (κ2) is 4.53. The van der Waals surface area contributed by atoms with Crippen molar-refractivity contribution in [2.24, 2.45) is 0 Å². The molecule has 90 valence electrons. The van der Waals surface area contributed by atoms with Crippen LogP contribution in [-0.2, 0) is 4.74 Å². The summed E-state index contributed by atoms with van der Waals surface area (Å²) < 4.78 is 6.74. The van der Waals surface area contributed by atoms with E-state index < -0.39 is 0 Å². The summed E-state index contributed by atoms with van der Waals surface area (Å²) in [5, 5.41) is 4.14. The fourth-order valence-electron chi connectivity index (χ4n) is 1.69. The molecule has 0 fully saturated rings. The van der Waals surface area contributed by atoms with Crippen LogP contribution in [0.15, 0.2) is 12.3 Å². The van der Waals surface area contributed by atoms with E-state index in [0.717, 1.165) is 17.8 Å². The van der Waals surface area contributed by atoms with Crippen molar-refractivity contribution in [2.75, 3.05) is 6.61 Å². The normalized spacial score (nSPS) is 10.8. The van der Waals surface area contributed by atoms with E-state index in [4.69, 9.17) is 4.74 Å². The molecule has 2 heterocycles. The van der Waals surface area contributed by atoms with Gasteiger partial charge in [-0.05, 0) is 26.3 Å². The molecular formula is C12H15N3O2. The monoisotopic (exact) mass is 233 g/mol. The number of carbonyl (C=O) groups is 1. The molecule has 0 aliphatic carbocycles. The van der Waals surface area contributed by atoms with Crippen molar-refractivity contribution in [3.63, 3.8) is 0 Å². The van der Waals surface area contributed by atoms with Gasteiger partial charge in [0.1, 0.15) is 5.56 Å². The fraction of sp³-hybridized carbons (Fsp3) is 0.417. The van der Waals surface area contributed by atoms with Crippen LogP contribution in [0, 0.1) is 13.8 Å². The summed E-state index contributed by atoms with van der Waals surface area (Å²) >= 11 is 0. The molecule has 0 unspecified atom stereocenters. The summed E-state index contributed by atoms with van der Waals surface area (Å²) in [4.78, 5) is 16.1. The number of aromatic nitrogens is 3. The quantitative estimate of drug-likeness (QED) is 0.760. The largest absolute Gasteiger partial charge is 0.462 e. The van der Waals surface area contributed by atoms with Gasteiger partial charge in [-0.15, -0.1) is 0 Å². The van der Waals surface area contributed by atoms with Crippen molar-refractivity contribution >= 4 is 11.6 Å². The van der Waals surface area contributed by atoms with Gasteiger partial charge in [0, 0.05) is 11.4 Å². The molecule has 0 saturated heterocycles. The molecule has 5 nitrogen and oxygen atoms in total. The zero-order chi connectivity index (χ0) is 12.4. The first-order valence-electron chi connectivity index (χ1n) is 5.62. The lowest BCUT2D eigenvalue weighted by molar-refractivity contribution is 0.0507. The number of hydrogen-bond acceptors (Lipinski definition) is 4. The summed E-state index contributed by atoms with van der Waals surface area (Å²) in [5.41, 5.74) is 2.79. The third-order valence-electron chi connectivity index (χ3n) is 2.44. The molecule has 0 aliphatic rings. The predicted molar refractivity (Wildman–Crippen MR) is 63.0 cm³/mol. The number of ether oxygens (including phenoxy) is 1. The number of hydrogen-bond donors (Lipinski definition) is 0. The summed E-state index contributed by atoms with van der Waals surface area (Å²) in [5.74, 6) is -0.362. The highest BCUT2D eigenvalue weighted by atomic mass is 16.5. The van der Waals surface area contributed by atoms with E-state index in [1.807, 2.05) is 26.8 Å². The number of aryl methyl sites for hydroxylation is 2. The Morgan fingerprint density at radius 1 is 1.47 bits per heavy atom. The lowest BCUT2D eigenvalue weighted by Gasteiger charge is -2.03. The number of carbonyl (C=O) groups excluding carboxylic acids is 1. The van der Waals surface area contributed by atoms with Crippen molar-refractivity contribution in [1.82, 2.24) is 14.6 Å². The molecule has 0 N–H and O–H groups in total.